The largest absolute Gasteiger partial charge is 0.465 e. The van der Waals surface area contributed by atoms with Crippen molar-refractivity contribution in [2.45, 2.75) is 37.8 Å². The van der Waals surface area contributed by atoms with Gasteiger partial charge in [-0.3, -0.25) is 0 Å². The van der Waals surface area contributed by atoms with E-state index in [0.29, 0.717) is 6.04 Å². The van der Waals surface area contributed by atoms with Crippen molar-refractivity contribution in [2.75, 3.05) is 0 Å². The Hall–Kier alpha value is -1.66. The van der Waals surface area contributed by atoms with Gasteiger partial charge in [-0.2, -0.15) is 0 Å². The topological polar surface area (TPSA) is 92.9 Å². The van der Waals surface area contributed by atoms with E-state index in [1.807, 2.05) is 0 Å². The zero-order valence-electron chi connectivity index (χ0n) is 8.20. The van der Waals surface area contributed by atoms with Crippen molar-refractivity contribution < 1.29 is 9.90 Å². The van der Waals surface area contributed by atoms with Crippen molar-refractivity contribution in [3.63, 3.8) is 0 Å². The third-order valence-corrected chi connectivity index (χ3v) is 2.76. The Labute approximate surface area is 86.5 Å². The molecular weight excluding hydrogens is 198 g/mol. The summed E-state index contributed by atoms with van der Waals surface area (Å²) in [5, 5.41) is 22.1. The first kappa shape index (κ1) is 9.88. The van der Waals surface area contributed by atoms with E-state index >= 15 is 0 Å². The number of nitrogens with one attached hydrogen (secondary N) is 1. The molecule has 0 unspecified atom stereocenters. The number of carboxylic acid groups (broad SMARTS) is 1. The number of hydrogen-bond acceptors (Lipinski definition) is 4. The average molecular weight is 211 g/mol. The molecule has 0 radical (unpaired) electrons. The summed E-state index contributed by atoms with van der Waals surface area (Å²) in [6.45, 7) is 0. The van der Waals surface area contributed by atoms with Gasteiger partial charge in [-0.1, -0.05) is 0 Å². The van der Waals surface area contributed by atoms with Gasteiger partial charge >= 0.3 is 6.09 Å². The minimum absolute atomic E-state index is 0.0789. The number of hydrogen-bond donors (Lipinski definition) is 2. The minimum Gasteiger partial charge on any atom is -0.465 e. The van der Waals surface area contributed by atoms with Crippen LogP contribution in [-0.2, 0) is 0 Å². The van der Waals surface area contributed by atoms with Gasteiger partial charge in [0.15, 0.2) is 0 Å². The minimum atomic E-state index is -0.944. The molecule has 2 N–H and O–H groups in total. The molecule has 0 aromatic carbocycles. The van der Waals surface area contributed by atoms with Gasteiger partial charge in [0.1, 0.15) is 6.33 Å². The Morgan fingerprint density at radius 1 is 1.40 bits per heavy atom. The maximum Gasteiger partial charge on any atom is 0.404 e. The van der Waals surface area contributed by atoms with Crippen LogP contribution in [-0.4, -0.2) is 37.4 Å². The lowest BCUT2D eigenvalue weighted by molar-refractivity contribution is 0.181. The standard InChI is InChI=1S/C8H13N5O2/c14-8(15)10-6-1-3-7(4-2-6)13-5-9-11-12-13/h5-7,10H,1-4H2,(H,14,15)/t6-,7-. The fraction of sp³-hybridized carbons (Fsp3) is 0.750. The molecule has 0 atom stereocenters. The van der Waals surface area contributed by atoms with Crippen LogP contribution in [0.1, 0.15) is 31.7 Å². The highest BCUT2D eigenvalue weighted by Crippen LogP contribution is 2.27. The van der Waals surface area contributed by atoms with Crippen molar-refractivity contribution >= 4 is 6.09 Å². The van der Waals surface area contributed by atoms with Crippen molar-refractivity contribution in [1.82, 2.24) is 25.5 Å². The van der Waals surface area contributed by atoms with E-state index < -0.39 is 6.09 Å². The molecule has 1 amide bonds. The fourth-order valence-corrected chi connectivity index (χ4v) is 2.00. The first-order chi connectivity index (χ1) is 7.25. The number of aromatic nitrogens is 4. The summed E-state index contributed by atoms with van der Waals surface area (Å²) in [4.78, 5) is 10.4. The molecule has 1 aromatic heterocycles. The Morgan fingerprint density at radius 2 is 2.13 bits per heavy atom. The average Bonchev–Trinajstić information content (AvgIpc) is 2.71. The van der Waals surface area contributed by atoms with Crippen LogP contribution in [0.2, 0.25) is 0 Å². The van der Waals surface area contributed by atoms with E-state index in [-0.39, 0.29) is 6.04 Å². The number of tetrazole rings is 1. The van der Waals surface area contributed by atoms with Crippen molar-refractivity contribution in [3.05, 3.63) is 6.33 Å². The zero-order chi connectivity index (χ0) is 10.7. The maximum atomic E-state index is 10.4. The lowest BCUT2D eigenvalue weighted by Gasteiger charge is -2.27. The predicted octanol–water partition coefficient (Wildman–Crippen LogP) is 0.424. The van der Waals surface area contributed by atoms with Gasteiger partial charge in [0.05, 0.1) is 6.04 Å². The van der Waals surface area contributed by atoms with E-state index in [4.69, 9.17) is 5.11 Å². The predicted molar refractivity (Wildman–Crippen MR) is 50.3 cm³/mol. The maximum absolute atomic E-state index is 10.4. The van der Waals surface area contributed by atoms with Crippen LogP contribution >= 0.6 is 0 Å². The number of rotatable bonds is 2. The molecule has 0 bridgehead atoms. The molecule has 1 saturated carbocycles. The molecule has 0 saturated heterocycles. The van der Waals surface area contributed by atoms with E-state index in [1.165, 1.54) is 0 Å². The SMILES string of the molecule is O=C(O)N[C@H]1CC[C@H](n2cnnn2)CC1. The van der Waals surface area contributed by atoms with Gasteiger partial charge in [0, 0.05) is 6.04 Å². The molecule has 2 rings (SSSR count). The molecule has 7 nitrogen and oxygen atoms in total. The lowest BCUT2D eigenvalue weighted by Crippen LogP contribution is -2.37. The second-order valence-corrected chi connectivity index (χ2v) is 3.74. The van der Waals surface area contributed by atoms with Crippen LogP contribution in [0.4, 0.5) is 4.79 Å². The summed E-state index contributed by atoms with van der Waals surface area (Å²) in [6, 6.07) is 0.391. The first-order valence-electron chi connectivity index (χ1n) is 4.97. The van der Waals surface area contributed by atoms with Gasteiger partial charge in [0.25, 0.3) is 0 Å². The second-order valence-electron chi connectivity index (χ2n) is 3.74. The monoisotopic (exact) mass is 211 g/mol. The van der Waals surface area contributed by atoms with Crippen molar-refractivity contribution in [3.8, 4) is 0 Å². The highest BCUT2D eigenvalue weighted by atomic mass is 16.4. The smallest absolute Gasteiger partial charge is 0.404 e. The molecule has 1 heterocycles. The van der Waals surface area contributed by atoms with Crippen molar-refractivity contribution in [1.29, 1.82) is 0 Å². The molecule has 7 heteroatoms. The Bertz CT molecular complexity index is 318. The van der Waals surface area contributed by atoms with Crippen LogP contribution in [0.15, 0.2) is 6.33 Å². The third-order valence-electron chi connectivity index (χ3n) is 2.76. The van der Waals surface area contributed by atoms with Gasteiger partial charge < -0.3 is 10.4 Å². The molecule has 15 heavy (non-hydrogen) atoms. The highest BCUT2D eigenvalue weighted by Gasteiger charge is 2.23. The van der Waals surface area contributed by atoms with Gasteiger partial charge in [-0.05, 0) is 36.1 Å². The lowest BCUT2D eigenvalue weighted by atomic mass is 9.91. The summed E-state index contributed by atoms with van der Waals surface area (Å²) in [6.07, 6.45) is 4.18. The van der Waals surface area contributed by atoms with Gasteiger partial charge in [0.2, 0.25) is 0 Å². The quantitative estimate of drug-likeness (QED) is 0.739. The number of carbonyl (C=O) groups is 1. The molecule has 82 valence electrons. The van der Waals surface area contributed by atoms with Crippen LogP contribution in [0.3, 0.4) is 0 Å². The summed E-state index contributed by atoms with van der Waals surface area (Å²) >= 11 is 0. The number of amides is 1. The normalized spacial score (nSPS) is 26.1. The fourth-order valence-electron chi connectivity index (χ4n) is 2.00. The van der Waals surface area contributed by atoms with Gasteiger partial charge in [-0.25, -0.2) is 9.48 Å². The summed E-state index contributed by atoms with van der Waals surface area (Å²) < 4.78 is 1.75. The molecule has 1 aliphatic carbocycles. The molecule has 0 spiro atoms. The zero-order valence-corrected chi connectivity index (χ0v) is 8.20. The molecule has 1 aromatic rings. The van der Waals surface area contributed by atoms with E-state index in [0.717, 1.165) is 25.7 Å². The summed E-state index contributed by atoms with van der Waals surface area (Å²) in [5.41, 5.74) is 0. The second kappa shape index (κ2) is 4.24. The summed E-state index contributed by atoms with van der Waals surface area (Å²) in [5.74, 6) is 0. The van der Waals surface area contributed by atoms with Crippen molar-refractivity contribution in [2.24, 2.45) is 0 Å². The van der Waals surface area contributed by atoms with Crippen LogP contribution in [0.25, 0.3) is 0 Å². The van der Waals surface area contributed by atoms with E-state index in [9.17, 15) is 4.79 Å². The molecule has 1 aliphatic rings. The molecule has 0 aliphatic heterocycles. The summed E-state index contributed by atoms with van der Waals surface area (Å²) in [7, 11) is 0. The van der Waals surface area contributed by atoms with Crippen LogP contribution in [0, 0.1) is 0 Å². The number of nitrogens with zero attached hydrogens (tertiary/aromatic N) is 4. The Balaban J connectivity index is 1.84. The van der Waals surface area contributed by atoms with Crippen LogP contribution in [0.5, 0.6) is 0 Å². The highest BCUT2D eigenvalue weighted by molar-refractivity contribution is 5.64. The van der Waals surface area contributed by atoms with E-state index in [1.54, 1.807) is 11.0 Å². The Morgan fingerprint density at radius 3 is 2.67 bits per heavy atom. The third kappa shape index (κ3) is 2.42. The Kier molecular flexibility index (Phi) is 2.79. The van der Waals surface area contributed by atoms with E-state index in [2.05, 4.69) is 20.8 Å². The molecular formula is C8H13N5O2. The molecule has 1 fully saturated rings. The first-order valence-corrected chi connectivity index (χ1v) is 4.97. The van der Waals surface area contributed by atoms with Gasteiger partial charge in [-0.15, -0.1) is 5.10 Å². The van der Waals surface area contributed by atoms with Crippen LogP contribution < -0.4 is 5.32 Å².